The van der Waals surface area contributed by atoms with E-state index >= 15 is 0 Å². The van der Waals surface area contributed by atoms with Gasteiger partial charge in [0.25, 0.3) is 0 Å². The Bertz CT molecular complexity index is 405. The molecule has 72 valence electrons. The molecule has 0 amide bonds. The van der Waals surface area contributed by atoms with Crippen molar-refractivity contribution in [3.8, 4) is 0 Å². The number of para-hydroxylation sites is 1. The summed E-state index contributed by atoms with van der Waals surface area (Å²) in [6.07, 6.45) is 0. The van der Waals surface area contributed by atoms with Gasteiger partial charge in [0.2, 0.25) is 0 Å². The van der Waals surface area contributed by atoms with Crippen LogP contribution in [0.5, 0.6) is 0 Å². The molecule has 0 bridgehead atoms. The first-order valence-electron chi connectivity index (χ1n) is 4.10. The quantitative estimate of drug-likeness (QED) is 0.744. The largest absolute Gasteiger partial charge is 0.397 e. The van der Waals surface area contributed by atoms with Crippen molar-refractivity contribution in [2.45, 2.75) is 0 Å². The van der Waals surface area contributed by atoms with Gasteiger partial charge in [0.05, 0.1) is 11.4 Å². The van der Waals surface area contributed by atoms with E-state index in [0.29, 0.717) is 11.4 Å². The van der Waals surface area contributed by atoms with Gasteiger partial charge in [0.1, 0.15) is 5.82 Å². The van der Waals surface area contributed by atoms with Gasteiger partial charge < -0.3 is 11.1 Å². The lowest BCUT2D eigenvalue weighted by Crippen LogP contribution is -1.97. The zero-order valence-corrected chi connectivity index (χ0v) is 8.14. The lowest BCUT2D eigenvalue weighted by atomic mass is 10.2. The van der Waals surface area contributed by atoms with Crippen molar-refractivity contribution in [1.29, 1.82) is 0 Å². The molecule has 0 saturated heterocycles. The number of thiophene rings is 1. The molecular weight excluding hydrogens is 199 g/mol. The van der Waals surface area contributed by atoms with E-state index in [9.17, 15) is 4.39 Å². The molecule has 14 heavy (non-hydrogen) atoms. The highest BCUT2D eigenvalue weighted by molar-refractivity contribution is 7.08. The molecule has 0 aliphatic carbocycles. The van der Waals surface area contributed by atoms with Crippen LogP contribution < -0.4 is 11.1 Å². The monoisotopic (exact) mass is 208 g/mol. The van der Waals surface area contributed by atoms with Crippen molar-refractivity contribution in [1.82, 2.24) is 0 Å². The zero-order valence-electron chi connectivity index (χ0n) is 7.33. The SMILES string of the molecule is Nc1cccc(F)c1Nc1ccsc1. The number of hydrogen-bond acceptors (Lipinski definition) is 3. The van der Waals surface area contributed by atoms with E-state index in [0.717, 1.165) is 5.69 Å². The van der Waals surface area contributed by atoms with Gasteiger partial charge in [-0.2, -0.15) is 11.3 Å². The molecule has 0 atom stereocenters. The van der Waals surface area contributed by atoms with E-state index in [1.807, 2.05) is 16.8 Å². The van der Waals surface area contributed by atoms with Crippen LogP contribution in [0.1, 0.15) is 0 Å². The maximum atomic E-state index is 13.3. The lowest BCUT2D eigenvalue weighted by molar-refractivity contribution is 0.632. The molecule has 1 aromatic carbocycles. The molecule has 0 radical (unpaired) electrons. The minimum atomic E-state index is -0.337. The predicted octanol–water partition coefficient (Wildman–Crippen LogP) is 3.21. The average molecular weight is 208 g/mol. The molecule has 0 fully saturated rings. The Labute approximate surface area is 85.2 Å². The zero-order chi connectivity index (χ0) is 9.97. The van der Waals surface area contributed by atoms with Crippen LogP contribution in [-0.2, 0) is 0 Å². The standard InChI is InChI=1S/C10H9FN2S/c11-8-2-1-3-9(12)10(8)13-7-4-5-14-6-7/h1-6,13H,12H2. The second-order valence-corrected chi connectivity index (χ2v) is 3.62. The van der Waals surface area contributed by atoms with Crippen molar-refractivity contribution >= 4 is 28.4 Å². The smallest absolute Gasteiger partial charge is 0.148 e. The molecule has 2 nitrogen and oxygen atoms in total. The highest BCUT2D eigenvalue weighted by Crippen LogP contribution is 2.26. The van der Waals surface area contributed by atoms with Crippen LogP contribution in [0.2, 0.25) is 0 Å². The maximum absolute atomic E-state index is 13.3. The van der Waals surface area contributed by atoms with E-state index in [1.54, 1.807) is 23.5 Å². The summed E-state index contributed by atoms with van der Waals surface area (Å²) in [5, 5.41) is 6.74. The van der Waals surface area contributed by atoms with Crippen LogP contribution in [0.3, 0.4) is 0 Å². The number of hydrogen-bond donors (Lipinski definition) is 2. The fourth-order valence-corrected chi connectivity index (χ4v) is 1.74. The molecule has 0 aliphatic rings. The number of halogens is 1. The van der Waals surface area contributed by atoms with Gasteiger partial charge in [-0.15, -0.1) is 0 Å². The third-order valence-corrected chi connectivity index (χ3v) is 2.52. The summed E-state index contributed by atoms with van der Waals surface area (Å²) in [5.41, 5.74) is 7.24. The minimum Gasteiger partial charge on any atom is -0.397 e. The van der Waals surface area contributed by atoms with Gasteiger partial charge in [-0.25, -0.2) is 4.39 Å². The summed E-state index contributed by atoms with van der Waals surface area (Å²) < 4.78 is 13.3. The topological polar surface area (TPSA) is 38.0 Å². The molecule has 0 spiro atoms. The first-order chi connectivity index (χ1) is 6.77. The Balaban J connectivity index is 2.33. The Morgan fingerprint density at radius 2 is 2.14 bits per heavy atom. The maximum Gasteiger partial charge on any atom is 0.148 e. The molecule has 3 N–H and O–H groups in total. The van der Waals surface area contributed by atoms with E-state index in [1.165, 1.54) is 6.07 Å². The molecule has 1 heterocycles. The Kier molecular flexibility index (Phi) is 2.37. The highest BCUT2D eigenvalue weighted by atomic mass is 32.1. The minimum absolute atomic E-state index is 0.337. The highest BCUT2D eigenvalue weighted by Gasteiger charge is 2.05. The van der Waals surface area contributed by atoms with Gasteiger partial charge in [-0.3, -0.25) is 0 Å². The Morgan fingerprint density at radius 3 is 2.79 bits per heavy atom. The molecule has 0 aliphatic heterocycles. The van der Waals surface area contributed by atoms with Crippen LogP contribution in [0.4, 0.5) is 21.5 Å². The normalized spacial score (nSPS) is 10.1. The van der Waals surface area contributed by atoms with E-state index in [2.05, 4.69) is 5.32 Å². The molecule has 0 saturated carbocycles. The second-order valence-electron chi connectivity index (χ2n) is 2.84. The van der Waals surface area contributed by atoms with Crippen molar-refractivity contribution in [3.63, 3.8) is 0 Å². The second kappa shape index (κ2) is 3.67. The van der Waals surface area contributed by atoms with Gasteiger partial charge in [0.15, 0.2) is 0 Å². The van der Waals surface area contributed by atoms with Crippen LogP contribution in [0.15, 0.2) is 35.0 Å². The number of nitrogens with one attached hydrogen (secondary N) is 1. The average Bonchev–Trinajstić information content (AvgIpc) is 2.64. The summed E-state index contributed by atoms with van der Waals surface area (Å²) in [5.74, 6) is -0.337. The van der Waals surface area contributed by atoms with Gasteiger partial charge in [-0.1, -0.05) is 6.07 Å². The third kappa shape index (κ3) is 1.70. The first kappa shape index (κ1) is 9.02. The first-order valence-corrected chi connectivity index (χ1v) is 5.05. The van der Waals surface area contributed by atoms with Crippen molar-refractivity contribution in [2.24, 2.45) is 0 Å². The number of nitrogen functional groups attached to an aromatic ring is 1. The summed E-state index contributed by atoms with van der Waals surface area (Å²) in [6.45, 7) is 0. The number of anilines is 3. The molecule has 1 aromatic heterocycles. The lowest BCUT2D eigenvalue weighted by Gasteiger charge is -2.07. The molecule has 2 rings (SSSR count). The fourth-order valence-electron chi connectivity index (χ4n) is 1.15. The summed E-state index contributed by atoms with van der Waals surface area (Å²) in [6, 6.07) is 6.50. The molecule has 0 unspecified atom stereocenters. The number of rotatable bonds is 2. The van der Waals surface area contributed by atoms with Gasteiger partial charge >= 0.3 is 0 Å². The van der Waals surface area contributed by atoms with Crippen molar-refractivity contribution in [3.05, 3.63) is 40.8 Å². The summed E-state index contributed by atoms with van der Waals surface area (Å²) >= 11 is 1.54. The van der Waals surface area contributed by atoms with Gasteiger partial charge in [-0.05, 0) is 23.6 Å². The fraction of sp³-hybridized carbons (Fsp3) is 0. The Hall–Kier alpha value is -1.55. The Morgan fingerprint density at radius 1 is 1.29 bits per heavy atom. The van der Waals surface area contributed by atoms with Gasteiger partial charge in [0, 0.05) is 11.1 Å². The molecule has 4 heteroatoms. The van der Waals surface area contributed by atoms with Crippen molar-refractivity contribution in [2.75, 3.05) is 11.1 Å². The predicted molar refractivity (Wildman–Crippen MR) is 58.4 cm³/mol. The summed E-state index contributed by atoms with van der Waals surface area (Å²) in [4.78, 5) is 0. The van der Waals surface area contributed by atoms with Crippen LogP contribution in [0.25, 0.3) is 0 Å². The number of nitrogens with two attached hydrogens (primary N) is 1. The summed E-state index contributed by atoms with van der Waals surface area (Å²) in [7, 11) is 0. The van der Waals surface area contributed by atoms with Crippen molar-refractivity contribution < 1.29 is 4.39 Å². The van der Waals surface area contributed by atoms with E-state index in [4.69, 9.17) is 5.73 Å². The van der Waals surface area contributed by atoms with Crippen LogP contribution in [-0.4, -0.2) is 0 Å². The number of benzene rings is 1. The van der Waals surface area contributed by atoms with Crippen LogP contribution >= 0.6 is 11.3 Å². The van der Waals surface area contributed by atoms with Crippen LogP contribution in [0, 0.1) is 5.82 Å². The molecular formula is C10H9FN2S. The van der Waals surface area contributed by atoms with E-state index in [-0.39, 0.29) is 5.82 Å². The third-order valence-electron chi connectivity index (χ3n) is 1.84. The molecule has 2 aromatic rings. The van der Waals surface area contributed by atoms with E-state index < -0.39 is 0 Å².